The topological polar surface area (TPSA) is 173 Å². The van der Waals surface area contributed by atoms with Crippen LogP contribution in [0.25, 0.3) is 0 Å². The quantitative estimate of drug-likeness (QED) is 0.220. The molecule has 2 aromatic rings. The number of aryl methyl sites for hydroxylation is 1. The molecule has 5 N–H and O–H groups in total. The molecule has 0 aliphatic rings. The summed E-state index contributed by atoms with van der Waals surface area (Å²) in [6.45, 7) is 2.80. The van der Waals surface area contributed by atoms with E-state index in [9.17, 15) is 34.2 Å². The highest BCUT2D eigenvalue weighted by Crippen LogP contribution is 2.34. The number of aromatic hydroxyl groups is 2. The monoisotopic (exact) mass is 519 g/mol. The van der Waals surface area contributed by atoms with Crippen LogP contribution >= 0.6 is 11.6 Å². The van der Waals surface area contributed by atoms with Gasteiger partial charge in [0.15, 0.2) is 11.5 Å². The molecular formula is C24H26ClN3O8. The second-order valence-electron chi connectivity index (χ2n) is 7.88. The van der Waals surface area contributed by atoms with Gasteiger partial charge < -0.3 is 35.6 Å². The van der Waals surface area contributed by atoms with E-state index in [-0.39, 0.29) is 17.0 Å². The summed E-state index contributed by atoms with van der Waals surface area (Å²) in [6.07, 6.45) is -0.204. The number of carboxylic acid groups (broad SMARTS) is 1. The molecule has 12 heteroatoms. The minimum absolute atomic E-state index is 0.107. The smallest absolute Gasteiger partial charge is 0.305 e. The lowest BCUT2D eigenvalue weighted by Crippen LogP contribution is -2.52. The van der Waals surface area contributed by atoms with Gasteiger partial charge in [0.25, 0.3) is 5.91 Å². The van der Waals surface area contributed by atoms with E-state index in [1.807, 2.05) is 0 Å². The van der Waals surface area contributed by atoms with Crippen LogP contribution in [0.4, 0.5) is 5.69 Å². The molecule has 0 spiro atoms. The minimum atomic E-state index is -1.28. The summed E-state index contributed by atoms with van der Waals surface area (Å²) in [5, 5.41) is 32.8. The van der Waals surface area contributed by atoms with Gasteiger partial charge in [0.1, 0.15) is 18.9 Å². The van der Waals surface area contributed by atoms with Gasteiger partial charge in [-0.3, -0.25) is 19.2 Å². The summed E-state index contributed by atoms with van der Waals surface area (Å²) in [6, 6.07) is 6.42. The number of nitrogens with one attached hydrogen (secondary N) is 2. The van der Waals surface area contributed by atoms with Gasteiger partial charge in [0.2, 0.25) is 11.8 Å². The zero-order chi connectivity index (χ0) is 27.0. The Morgan fingerprint density at radius 2 is 1.78 bits per heavy atom. The van der Waals surface area contributed by atoms with Crippen LogP contribution in [-0.4, -0.2) is 63.9 Å². The summed E-state index contributed by atoms with van der Waals surface area (Å²) < 4.78 is 0. The number of hydrogen-bond acceptors (Lipinski definition) is 7. The van der Waals surface area contributed by atoms with E-state index in [4.69, 9.17) is 16.7 Å². The fourth-order valence-corrected chi connectivity index (χ4v) is 3.56. The lowest BCUT2D eigenvalue weighted by Gasteiger charge is -2.28. The second-order valence-corrected chi connectivity index (χ2v) is 8.29. The lowest BCUT2D eigenvalue weighted by molar-refractivity contribution is -0.138. The zero-order valence-corrected chi connectivity index (χ0v) is 20.3. The van der Waals surface area contributed by atoms with E-state index in [0.717, 1.165) is 17.0 Å². The number of anilines is 1. The number of hydrogen-bond donors (Lipinski definition) is 5. The summed E-state index contributed by atoms with van der Waals surface area (Å²) in [5.41, 5.74) is 0.910. The molecule has 0 bridgehead atoms. The number of phenolic OH excluding ortho intramolecular Hbond substituents is 2. The Balaban J connectivity index is 2.31. The van der Waals surface area contributed by atoms with Gasteiger partial charge in [-0.15, -0.1) is 0 Å². The van der Waals surface area contributed by atoms with E-state index < -0.39 is 60.2 Å². The molecule has 2 atom stereocenters. The van der Waals surface area contributed by atoms with Crippen LogP contribution in [0, 0.1) is 6.92 Å². The van der Waals surface area contributed by atoms with Gasteiger partial charge in [0, 0.05) is 11.3 Å². The van der Waals surface area contributed by atoms with Crippen molar-refractivity contribution in [3.8, 4) is 11.5 Å². The molecule has 0 aliphatic heterocycles. The van der Waals surface area contributed by atoms with Crippen molar-refractivity contribution in [2.75, 3.05) is 11.4 Å². The third kappa shape index (κ3) is 7.19. The molecule has 0 aliphatic carbocycles. The summed E-state index contributed by atoms with van der Waals surface area (Å²) in [4.78, 5) is 62.1. The number of amides is 3. The van der Waals surface area contributed by atoms with E-state index in [0.29, 0.717) is 17.5 Å². The number of carbonyl (C=O) groups excluding carboxylic acids is 4. The number of carboxylic acids is 1. The summed E-state index contributed by atoms with van der Waals surface area (Å²) in [7, 11) is 0. The van der Waals surface area contributed by atoms with Crippen LogP contribution in [0.1, 0.15) is 35.7 Å². The molecule has 192 valence electrons. The third-order valence-corrected chi connectivity index (χ3v) is 5.48. The maximum atomic E-state index is 13.5. The van der Waals surface area contributed by atoms with Gasteiger partial charge in [-0.2, -0.15) is 0 Å². The van der Waals surface area contributed by atoms with Gasteiger partial charge >= 0.3 is 5.97 Å². The highest BCUT2D eigenvalue weighted by atomic mass is 35.5. The van der Waals surface area contributed by atoms with Crippen LogP contribution in [0.2, 0.25) is 5.02 Å². The van der Waals surface area contributed by atoms with Crippen LogP contribution in [-0.2, 0) is 19.2 Å². The number of halogens is 1. The first-order valence-electron chi connectivity index (χ1n) is 10.8. The van der Waals surface area contributed by atoms with Crippen molar-refractivity contribution in [3.63, 3.8) is 0 Å². The van der Waals surface area contributed by atoms with Crippen molar-refractivity contribution in [1.29, 1.82) is 0 Å². The lowest BCUT2D eigenvalue weighted by atomic mass is 10.1. The van der Waals surface area contributed by atoms with Crippen LogP contribution in [0.3, 0.4) is 0 Å². The number of aldehydes is 1. The normalized spacial score (nSPS) is 12.2. The molecule has 2 aromatic carbocycles. The number of phenols is 2. The number of carbonyl (C=O) groups is 5. The molecule has 3 amide bonds. The first kappa shape index (κ1) is 28.1. The zero-order valence-electron chi connectivity index (χ0n) is 19.5. The van der Waals surface area contributed by atoms with Gasteiger partial charge in [-0.05, 0) is 37.1 Å². The molecule has 0 heterocycles. The Labute approximate surface area is 211 Å². The van der Waals surface area contributed by atoms with Crippen LogP contribution in [0.5, 0.6) is 11.5 Å². The van der Waals surface area contributed by atoms with Crippen LogP contribution < -0.4 is 15.5 Å². The number of benzene rings is 2. The summed E-state index contributed by atoms with van der Waals surface area (Å²) in [5.74, 6) is -4.68. The molecule has 0 saturated carbocycles. The highest BCUT2D eigenvalue weighted by Gasteiger charge is 2.29. The molecule has 0 aromatic heterocycles. The van der Waals surface area contributed by atoms with E-state index in [2.05, 4.69) is 10.6 Å². The third-order valence-electron chi connectivity index (χ3n) is 5.20. The first-order valence-corrected chi connectivity index (χ1v) is 11.2. The van der Waals surface area contributed by atoms with E-state index in [1.54, 1.807) is 38.1 Å². The summed E-state index contributed by atoms with van der Waals surface area (Å²) >= 11 is 5.82. The maximum Gasteiger partial charge on any atom is 0.305 e. The minimum Gasteiger partial charge on any atom is -0.504 e. The van der Waals surface area contributed by atoms with Gasteiger partial charge in [-0.1, -0.05) is 36.7 Å². The van der Waals surface area contributed by atoms with E-state index >= 15 is 0 Å². The first-order chi connectivity index (χ1) is 17.0. The molecule has 0 saturated heterocycles. The SMILES string of the molecule is CC[C@H](NC(=O)c1cc(O)c(O)c(Cl)c1)C(=O)N(CC(=O)NC(C=O)CC(=O)O)c1ccccc1C. The second kappa shape index (κ2) is 12.5. The van der Waals surface area contributed by atoms with Crippen molar-refractivity contribution in [2.45, 2.75) is 38.8 Å². The molecule has 0 fully saturated rings. The number of nitrogens with zero attached hydrogens (tertiary/aromatic N) is 1. The van der Waals surface area contributed by atoms with Crippen LogP contribution in [0.15, 0.2) is 36.4 Å². The predicted octanol–water partition coefficient (Wildman–Crippen LogP) is 1.76. The Kier molecular flexibility index (Phi) is 9.80. The molecule has 1 unspecified atom stereocenters. The Morgan fingerprint density at radius 1 is 1.11 bits per heavy atom. The van der Waals surface area contributed by atoms with Crippen molar-refractivity contribution in [1.82, 2.24) is 10.6 Å². The van der Waals surface area contributed by atoms with Crippen molar-refractivity contribution in [3.05, 3.63) is 52.5 Å². The highest BCUT2D eigenvalue weighted by molar-refractivity contribution is 6.32. The Bertz CT molecular complexity index is 1150. The number of aliphatic carboxylic acids is 1. The van der Waals surface area contributed by atoms with Crippen molar-refractivity contribution in [2.24, 2.45) is 0 Å². The molecule has 11 nitrogen and oxygen atoms in total. The Morgan fingerprint density at radius 3 is 2.33 bits per heavy atom. The fraction of sp³-hybridized carbons (Fsp3) is 0.292. The number of para-hydroxylation sites is 1. The molecule has 0 radical (unpaired) electrons. The average molecular weight is 520 g/mol. The maximum absolute atomic E-state index is 13.5. The van der Waals surface area contributed by atoms with Gasteiger partial charge in [-0.25, -0.2) is 0 Å². The molecular weight excluding hydrogens is 494 g/mol. The van der Waals surface area contributed by atoms with E-state index in [1.165, 1.54) is 0 Å². The average Bonchev–Trinajstić information content (AvgIpc) is 2.83. The standard InChI is InChI=1S/C24H26ClN3O8/c1-3-17(27-23(35)14-8-16(25)22(34)19(30)9-14)24(36)28(18-7-5-4-6-13(18)2)11-20(31)26-15(12-29)10-21(32)33/h4-9,12,15,17,30,34H,3,10-11H2,1-2H3,(H,26,31)(H,27,35)(H,32,33)/t15?,17-/m0/s1. The van der Waals surface area contributed by atoms with Gasteiger partial charge in [0.05, 0.1) is 17.5 Å². The Hall–Kier alpha value is -4.12. The molecule has 36 heavy (non-hydrogen) atoms. The fourth-order valence-electron chi connectivity index (χ4n) is 3.35. The molecule has 2 rings (SSSR count). The van der Waals surface area contributed by atoms with Crippen molar-refractivity contribution >= 4 is 47.3 Å². The largest absolute Gasteiger partial charge is 0.504 e. The number of rotatable bonds is 11. The predicted molar refractivity (Wildman–Crippen MR) is 130 cm³/mol. The van der Waals surface area contributed by atoms with Crippen molar-refractivity contribution < 1.29 is 39.3 Å².